The van der Waals surface area contributed by atoms with Gasteiger partial charge in [-0.3, -0.25) is 0 Å². The summed E-state index contributed by atoms with van der Waals surface area (Å²) in [5.41, 5.74) is 1.14. The van der Waals surface area contributed by atoms with E-state index in [9.17, 15) is 4.79 Å². The number of carbonyl (C=O) groups is 1. The number of rotatable bonds is 11. The lowest BCUT2D eigenvalue weighted by molar-refractivity contribution is -0.149. The second-order valence-corrected chi connectivity index (χ2v) is 8.57. The fourth-order valence-electron chi connectivity index (χ4n) is 4.21. The van der Waals surface area contributed by atoms with Gasteiger partial charge >= 0.3 is 5.97 Å². The molecule has 0 aromatic heterocycles. The van der Waals surface area contributed by atoms with Crippen LogP contribution in [-0.4, -0.2) is 49.9 Å². The van der Waals surface area contributed by atoms with Gasteiger partial charge in [-0.25, -0.2) is 9.79 Å². The van der Waals surface area contributed by atoms with Crippen molar-refractivity contribution in [3.8, 4) is 11.5 Å². The number of aliphatic hydroxyl groups excluding tert-OH is 1. The fourth-order valence-corrected chi connectivity index (χ4v) is 4.21. The molecule has 0 spiro atoms. The predicted octanol–water partition coefficient (Wildman–Crippen LogP) is 4.99. The SMILES string of the molecule is COC(=O)[C@]1(C/C=C/c2ccccc2)N=C(c2ccc(OCCCO)cc2)O[C@@H]1c1cccc(OC)c1. The predicted molar refractivity (Wildman–Crippen MR) is 142 cm³/mol. The van der Waals surface area contributed by atoms with Gasteiger partial charge < -0.3 is 24.1 Å². The number of ether oxygens (including phenoxy) is 4. The van der Waals surface area contributed by atoms with Crippen LogP contribution >= 0.6 is 0 Å². The first-order valence-corrected chi connectivity index (χ1v) is 12.1. The summed E-state index contributed by atoms with van der Waals surface area (Å²) < 4.78 is 22.7. The number of nitrogens with zero attached hydrogens (tertiary/aromatic N) is 1. The van der Waals surface area contributed by atoms with Gasteiger partial charge in [-0.2, -0.15) is 0 Å². The second kappa shape index (κ2) is 12.2. The topological polar surface area (TPSA) is 86.6 Å². The minimum Gasteiger partial charge on any atom is -0.497 e. The first kappa shape index (κ1) is 26.0. The zero-order chi connectivity index (χ0) is 26.1. The van der Waals surface area contributed by atoms with Gasteiger partial charge in [0.25, 0.3) is 0 Å². The van der Waals surface area contributed by atoms with Crippen LogP contribution in [-0.2, 0) is 14.3 Å². The Bertz CT molecular complexity index is 1240. The quantitative estimate of drug-likeness (QED) is 0.294. The van der Waals surface area contributed by atoms with Crippen molar-refractivity contribution in [2.45, 2.75) is 24.5 Å². The van der Waals surface area contributed by atoms with Crippen molar-refractivity contribution < 1.29 is 28.8 Å². The molecule has 192 valence electrons. The van der Waals surface area contributed by atoms with E-state index < -0.39 is 17.6 Å². The summed E-state index contributed by atoms with van der Waals surface area (Å²) >= 11 is 0. The Labute approximate surface area is 217 Å². The van der Waals surface area contributed by atoms with Crippen molar-refractivity contribution >= 4 is 17.9 Å². The van der Waals surface area contributed by atoms with Crippen LogP contribution < -0.4 is 9.47 Å². The molecule has 7 nitrogen and oxygen atoms in total. The van der Waals surface area contributed by atoms with Crippen LogP contribution in [0.5, 0.6) is 11.5 Å². The third-order valence-corrected chi connectivity index (χ3v) is 6.11. The van der Waals surface area contributed by atoms with Crippen LogP contribution in [0.2, 0.25) is 0 Å². The van der Waals surface area contributed by atoms with Crippen LogP contribution in [0.4, 0.5) is 0 Å². The Hall–Kier alpha value is -4.10. The molecule has 37 heavy (non-hydrogen) atoms. The molecule has 1 N–H and O–H groups in total. The van der Waals surface area contributed by atoms with Gasteiger partial charge in [0.2, 0.25) is 11.4 Å². The number of esters is 1. The lowest BCUT2D eigenvalue weighted by Gasteiger charge is -2.28. The summed E-state index contributed by atoms with van der Waals surface area (Å²) in [6.07, 6.45) is 3.97. The highest BCUT2D eigenvalue weighted by atomic mass is 16.5. The molecule has 4 rings (SSSR count). The molecule has 0 bridgehead atoms. The molecule has 0 saturated carbocycles. The summed E-state index contributed by atoms with van der Waals surface area (Å²) in [7, 11) is 2.95. The Kier molecular flexibility index (Phi) is 8.59. The van der Waals surface area contributed by atoms with Gasteiger partial charge in [0.1, 0.15) is 11.5 Å². The number of benzene rings is 3. The smallest absolute Gasteiger partial charge is 0.338 e. The average Bonchev–Trinajstić information content (AvgIpc) is 3.34. The van der Waals surface area contributed by atoms with E-state index in [1.165, 1.54) is 7.11 Å². The lowest BCUT2D eigenvalue weighted by Crippen LogP contribution is -2.41. The zero-order valence-electron chi connectivity index (χ0n) is 21.0. The lowest BCUT2D eigenvalue weighted by atomic mass is 9.85. The summed E-state index contributed by atoms with van der Waals surface area (Å²) in [4.78, 5) is 18.2. The highest BCUT2D eigenvalue weighted by molar-refractivity contribution is 6.00. The monoisotopic (exact) mass is 501 g/mol. The van der Waals surface area contributed by atoms with Gasteiger partial charge in [-0.1, -0.05) is 54.6 Å². The minimum absolute atomic E-state index is 0.0721. The molecule has 0 fully saturated rings. The van der Waals surface area contributed by atoms with Crippen molar-refractivity contribution in [1.29, 1.82) is 0 Å². The van der Waals surface area contributed by atoms with Crippen LogP contribution in [0.25, 0.3) is 6.08 Å². The van der Waals surface area contributed by atoms with Gasteiger partial charge in [-0.15, -0.1) is 0 Å². The number of hydrogen-bond acceptors (Lipinski definition) is 7. The fraction of sp³-hybridized carbons (Fsp3) is 0.267. The molecular formula is C30H31NO6. The molecule has 1 aliphatic rings. The van der Waals surface area contributed by atoms with Crippen LogP contribution in [0.15, 0.2) is 89.9 Å². The molecule has 2 atom stereocenters. The first-order valence-electron chi connectivity index (χ1n) is 12.1. The van der Waals surface area contributed by atoms with E-state index >= 15 is 0 Å². The minimum atomic E-state index is -1.34. The zero-order valence-corrected chi connectivity index (χ0v) is 21.0. The molecule has 1 heterocycles. The molecule has 7 heteroatoms. The maximum Gasteiger partial charge on any atom is 0.338 e. The Morgan fingerprint density at radius 1 is 1.03 bits per heavy atom. The Morgan fingerprint density at radius 2 is 1.81 bits per heavy atom. The van der Waals surface area contributed by atoms with E-state index in [4.69, 9.17) is 29.0 Å². The Morgan fingerprint density at radius 3 is 2.51 bits per heavy atom. The molecule has 1 aliphatic heterocycles. The van der Waals surface area contributed by atoms with Gasteiger partial charge in [-0.05, 0) is 47.5 Å². The molecule has 3 aromatic rings. The number of carbonyl (C=O) groups excluding carboxylic acids is 1. The van der Waals surface area contributed by atoms with E-state index in [0.717, 1.165) is 11.1 Å². The molecule has 0 radical (unpaired) electrons. The molecular weight excluding hydrogens is 470 g/mol. The highest BCUT2D eigenvalue weighted by Crippen LogP contribution is 2.44. The van der Waals surface area contributed by atoms with Crippen molar-refractivity contribution in [3.05, 3.63) is 102 Å². The molecule has 0 amide bonds. The maximum atomic E-state index is 13.4. The van der Waals surface area contributed by atoms with E-state index in [2.05, 4.69) is 0 Å². The number of hydrogen-bond donors (Lipinski definition) is 1. The summed E-state index contributed by atoms with van der Waals surface area (Å²) in [5, 5.41) is 8.96. The van der Waals surface area contributed by atoms with Gasteiger partial charge in [0, 0.05) is 25.0 Å². The van der Waals surface area contributed by atoms with Crippen molar-refractivity contribution in [2.24, 2.45) is 4.99 Å². The third kappa shape index (κ3) is 6.01. The number of methoxy groups -OCH3 is 2. The number of aliphatic hydroxyl groups is 1. The standard InChI is InChI=1S/C30H31NO6/c1-34-26-13-6-12-24(21-26)27-30(29(33)35-2,18-7-11-22-9-4-3-5-10-22)31-28(37-27)23-14-16-25(17-15-23)36-20-8-19-32/h3-7,9-17,21,27,32H,8,18-20H2,1-2H3/b11-7+/t27-,30-/m1/s1. The first-order chi connectivity index (χ1) is 18.1. The Balaban J connectivity index is 1.71. The highest BCUT2D eigenvalue weighted by Gasteiger charge is 2.53. The van der Waals surface area contributed by atoms with E-state index in [-0.39, 0.29) is 13.0 Å². The summed E-state index contributed by atoms with van der Waals surface area (Å²) in [6.45, 7) is 0.493. The van der Waals surface area contributed by atoms with E-state index in [0.29, 0.717) is 36.0 Å². The largest absolute Gasteiger partial charge is 0.497 e. The summed E-state index contributed by atoms with van der Waals surface area (Å²) in [6, 6.07) is 24.6. The van der Waals surface area contributed by atoms with Gasteiger partial charge in [0.05, 0.1) is 20.8 Å². The van der Waals surface area contributed by atoms with Crippen molar-refractivity contribution in [2.75, 3.05) is 27.4 Å². The third-order valence-electron chi connectivity index (χ3n) is 6.11. The van der Waals surface area contributed by atoms with Crippen molar-refractivity contribution in [1.82, 2.24) is 0 Å². The van der Waals surface area contributed by atoms with Gasteiger partial charge in [0.15, 0.2) is 6.10 Å². The normalized spacial score (nSPS) is 18.8. The molecule has 3 aromatic carbocycles. The molecule has 0 unspecified atom stereocenters. The van der Waals surface area contributed by atoms with E-state index in [1.807, 2.05) is 91.0 Å². The van der Waals surface area contributed by atoms with Crippen molar-refractivity contribution in [3.63, 3.8) is 0 Å². The second-order valence-electron chi connectivity index (χ2n) is 8.57. The molecule has 0 aliphatic carbocycles. The molecule has 0 saturated heterocycles. The maximum absolute atomic E-state index is 13.4. The van der Waals surface area contributed by atoms with Crippen LogP contribution in [0.3, 0.4) is 0 Å². The number of aliphatic imine (C=N–C) groups is 1. The van der Waals surface area contributed by atoms with Crippen LogP contribution in [0.1, 0.15) is 35.6 Å². The average molecular weight is 502 g/mol. The van der Waals surface area contributed by atoms with E-state index in [1.54, 1.807) is 7.11 Å². The summed E-state index contributed by atoms with van der Waals surface area (Å²) in [5.74, 6) is 1.17. The van der Waals surface area contributed by atoms with Crippen LogP contribution in [0, 0.1) is 0 Å².